The molecule has 2 heterocycles. The van der Waals surface area contributed by atoms with E-state index in [1.54, 1.807) is 4.90 Å². The van der Waals surface area contributed by atoms with Crippen LogP contribution in [0.3, 0.4) is 0 Å². The van der Waals surface area contributed by atoms with E-state index in [9.17, 15) is 9.59 Å². The van der Waals surface area contributed by atoms with Crippen LogP contribution in [0.25, 0.3) is 6.08 Å². The molecule has 2 aliphatic heterocycles. The van der Waals surface area contributed by atoms with E-state index in [0.29, 0.717) is 41.4 Å². The maximum atomic E-state index is 12.9. The molecule has 8 heteroatoms. The van der Waals surface area contributed by atoms with Gasteiger partial charge in [-0.25, -0.2) is 0 Å². The van der Waals surface area contributed by atoms with Gasteiger partial charge < -0.3 is 14.4 Å². The topological polar surface area (TPSA) is 59.1 Å². The van der Waals surface area contributed by atoms with Crippen molar-refractivity contribution >= 4 is 46.2 Å². The molecule has 6 nitrogen and oxygen atoms in total. The van der Waals surface area contributed by atoms with Crippen molar-refractivity contribution in [1.82, 2.24) is 9.80 Å². The van der Waals surface area contributed by atoms with Crippen molar-refractivity contribution in [2.45, 2.75) is 89.9 Å². The van der Waals surface area contributed by atoms with Crippen LogP contribution in [-0.2, 0) is 14.3 Å². The van der Waals surface area contributed by atoms with E-state index in [0.717, 1.165) is 43.4 Å². The summed E-state index contributed by atoms with van der Waals surface area (Å²) in [5.41, 5.74) is 0.969. The molecule has 0 aromatic heterocycles. The van der Waals surface area contributed by atoms with E-state index in [4.69, 9.17) is 21.7 Å². The highest BCUT2D eigenvalue weighted by molar-refractivity contribution is 8.26. The summed E-state index contributed by atoms with van der Waals surface area (Å²) >= 11 is 6.85. The van der Waals surface area contributed by atoms with Crippen molar-refractivity contribution in [3.63, 3.8) is 0 Å². The number of carbonyl (C=O) groups is 2. The molecule has 1 aromatic carbocycles. The van der Waals surface area contributed by atoms with Crippen molar-refractivity contribution < 1.29 is 19.1 Å². The third kappa shape index (κ3) is 7.56. The predicted octanol–water partition coefficient (Wildman–Crippen LogP) is 5.80. The Morgan fingerprint density at radius 3 is 2.47 bits per heavy atom. The van der Waals surface area contributed by atoms with E-state index in [-0.39, 0.29) is 24.0 Å². The smallest absolute Gasteiger partial charge is 0.266 e. The molecule has 1 aromatic rings. The fourth-order valence-electron chi connectivity index (χ4n) is 5.12. The molecular formula is C28H38N2O4S2. The molecule has 2 amide bonds. The fourth-order valence-corrected chi connectivity index (χ4v) is 6.43. The third-order valence-electron chi connectivity index (χ3n) is 6.95. The first kappa shape index (κ1) is 27.1. The molecule has 0 spiro atoms. The normalized spacial score (nSPS) is 24.6. The second-order valence-corrected chi connectivity index (χ2v) is 11.8. The van der Waals surface area contributed by atoms with Gasteiger partial charge in [-0.3, -0.25) is 14.5 Å². The Morgan fingerprint density at radius 1 is 1.08 bits per heavy atom. The molecule has 0 bridgehead atoms. The van der Waals surface area contributed by atoms with Gasteiger partial charge in [0.1, 0.15) is 10.1 Å². The summed E-state index contributed by atoms with van der Waals surface area (Å²) in [5, 5.41) is 0. The van der Waals surface area contributed by atoms with Crippen molar-refractivity contribution in [3.05, 3.63) is 34.7 Å². The first-order chi connectivity index (χ1) is 17.4. The molecule has 2 atom stereocenters. The number of thiocarbonyl (C=S) groups is 1. The Hall–Kier alpha value is -1.90. The largest absolute Gasteiger partial charge is 0.490 e. The van der Waals surface area contributed by atoms with Crippen molar-refractivity contribution in [2.75, 3.05) is 19.6 Å². The van der Waals surface area contributed by atoms with E-state index in [1.807, 2.05) is 49.1 Å². The maximum absolute atomic E-state index is 12.9. The Morgan fingerprint density at radius 2 is 1.78 bits per heavy atom. The summed E-state index contributed by atoms with van der Waals surface area (Å²) in [6, 6.07) is 7.97. The molecular weight excluding hydrogens is 492 g/mol. The van der Waals surface area contributed by atoms with Crippen molar-refractivity contribution in [3.8, 4) is 5.75 Å². The Labute approximate surface area is 224 Å². The zero-order valence-corrected chi connectivity index (χ0v) is 23.1. The second-order valence-electron chi connectivity index (χ2n) is 10.1. The van der Waals surface area contributed by atoms with Gasteiger partial charge >= 0.3 is 0 Å². The maximum Gasteiger partial charge on any atom is 0.266 e. The van der Waals surface area contributed by atoms with Gasteiger partial charge in [0, 0.05) is 26.1 Å². The third-order valence-corrected chi connectivity index (χ3v) is 8.33. The molecule has 3 aliphatic rings. The monoisotopic (exact) mass is 530 g/mol. The number of rotatable bonds is 9. The van der Waals surface area contributed by atoms with Gasteiger partial charge in [0.05, 0.1) is 23.2 Å². The van der Waals surface area contributed by atoms with Crippen LogP contribution >= 0.6 is 24.0 Å². The minimum Gasteiger partial charge on any atom is -0.490 e. The lowest BCUT2D eigenvalue weighted by atomic mass is 9.98. The summed E-state index contributed by atoms with van der Waals surface area (Å²) in [7, 11) is 0. The molecule has 36 heavy (non-hydrogen) atoms. The predicted molar refractivity (Wildman–Crippen MR) is 149 cm³/mol. The summed E-state index contributed by atoms with van der Waals surface area (Å²) < 4.78 is 12.4. The van der Waals surface area contributed by atoms with Crippen LogP contribution in [-0.4, -0.2) is 63.9 Å². The summed E-state index contributed by atoms with van der Waals surface area (Å²) in [4.78, 5) is 29.7. The van der Waals surface area contributed by atoms with E-state index in [1.165, 1.54) is 31.0 Å². The zero-order chi connectivity index (χ0) is 25.5. The van der Waals surface area contributed by atoms with Gasteiger partial charge in [-0.15, -0.1) is 0 Å². The van der Waals surface area contributed by atoms with Crippen molar-refractivity contribution in [2.24, 2.45) is 0 Å². The Balaban J connectivity index is 1.20. The SMILES string of the molecule is CC1CN(C(=O)CCCCCN2C(=O)/C(=C/c3ccc(OC4CCCCC4)cc3)SC2=S)CC(C)O1. The lowest BCUT2D eigenvalue weighted by Gasteiger charge is -2.35. The van der Waals surface area contributed by atoms with Crippen LogP contribution in [0.2, 0.25) is 0 Å². The Kier molecular flexibility index (Phi) is 9.85. The molecule has 1 saturated carbocycles. The van der Waals surface area contributed by atoms with Gasteiger partial charge in [0.15, 0.2) is 0 Å². The van der Waals surface area contributed by atoms with Crippen LogP contribution < -0.4 is 4.74 Å². The molecule has 3 fully saturated rings. The molecule has 0 radical (unpaired) electrons. The van der Waals surface area contributed by atoms with Gasteiger partial charge in [0.2, 0.25) is 5.91 Å². The molecule has 196 valence electrons. The standard InChI is InChI=1S/C28H38N2O4S2/c1-20-18-29(19-21(2)33-20)26(31)11-7-4-8-16-30-27(32)25(36-28(30)35)17-22-12-14-24(15-13-22)34-23-9-5-3-6-10-23/h12-15,17,20-21,23H,3-11,16,18-19H2,1-2H3/b25-17-. The summed E-state index contributed by atoms with van der Waals surface area (Å²) in [6.45, 7) is 5.95. The van der Waals surface area contributed by atoms with Gasteiger partial charge in [-0.05, 0) is 76.1 Å². The number of amides is 2. The first-order valence-electron chi connectivity index (χ1n) is 13.3. The highest BCUT2D eigenvalue weighted by Gasteiger charge is 2.31. The van der Waals surface area contributed by atoms with Gasteiger partial charge in [0.25, 0.3) is 5.91 Å². The lowest BCUT2D eigenvalue weighted by molar-refractivity contribution is -0.143. The average molecular weight is 531 g/mol. The molecule has 1 aliphatic carbocycles. The number of benzene rings is 1. The van der Waals surface area contributed by atoms with Crippen LogP contribution in [0.4, 0.5) is 0 Å². The number of carbonyl (C=O) groups excluding carboxylic acids is 2. The molecule has 2 unspecified atom stereocenters. The van der Waals surface area contributed by atoms with Crippen LogP contribution in [0.1, 0.15) is 77.2 Å². The highest BCUT2D eigenvalue weighted by Crippen LogP contribution is 2.33. The van der Waals surface area contributed by atoms with Crippen molar-refractivity contribution in [1.29, 1.82) is 0 Å². The van der Waals surface area contributed by atoms with E-state index >= 15 is 0 Å². The summed E-state index contributed by atoms with van der Waals surface area (Å²) in [6.07, 6.45) is 11.6. The lowest BCUT2D eigenvalue weighted by Crippen LogP contribution is -2.48. The highest BCUT2D eigenvalue weighted by atomic mass is 32.2. The number of morpholine rings is 1. The first-order valence-corrected chi connectivity index (χ1v) is 14.6. The van der Waals surface area contributed by atoms with Gasteiger partial charge in [-0.2, -0.15) is 0 Å². The van der Waals surface area contributed by atoms with Crippen LogP contribution in [0.5, 0.6) is 5.75 Å². The molecule has 0 N–H and O–H groups in total. The van der Waals surface area contributed by atoms with Crippen LogP contribution in [0.15, 0.2) is 29.2 Å². The van der Waals surface area contributed by atoms with E-state index < -0.39 is 0 Å². The second kappa shape index (κ2) is 13.1. The number of nitrogens with zero attached hydrogens (tertiary/aromatic N) is 2. The average Bonchev–Trinajstić information content (AvgIpc) is 3.12. The fraction of sp³-hybridized carbons (Fsp3) is 0.607. The number of hydrogen-bond acceptors (Lipinski definition) is 6. The van der Waals surface area contributed by atoms with Gasteiger partial charge in [-0.1, -0.05) is 49.0 Å². The number of thioether (sulfide) groups is 1. The Bertz CT molecular complexity index is 949. The number of ether oxygens (including phenoxy) is 2. The van der Waals surface area contributed by atoms with Crippen LogP contribution in [0, 0.1) is 0 Å². The minimum absolute atomic E-state index is 0.0279. The minimum atomic E-state index is -0.0279. The molecule has 4 rings (SSSR count). The molecule has 2 saturated heterocycles. The zero-order valence-electron chi connectivity index (χ0n) is 21.4. The summed E-state index contributed by atoms with van der Waals surface area (Å²) in [5.74, 6) is 1.06. The van der Waals surface area contributed by atoms with E-state index in [2.05, 4.69) is 0 Å². The quantitative estimate of drug-likeness (QED) is 0.229. The number of unbranched alkanes of at least 4 members (excludes halogenated alkanes) is 2. The number of hydrogen-bond donors (Lipinski definition) is 0.